The number of carboxylic acid groups (broad SMARTS) is 1. The molecular weight excluding hydrogens is 343 g/mol. The first kappa shape index (κ1) is 15.0. The number of halogens is 2. The molecule has 5 nitrogen and oxygen atoms in total. The molecule has 7 heteroatoms. The molecule has 0 unspecified atom stereocenters. The van der Waals surface area contributed by atoms with Gasteiger partial charge in [0.25, 0.3) is 5.91 Å². The Morgan fingerprint density at radius 3 is 2.57 bits per heavy atom. The van der Waals surface area contributed by atoms with Gasteiger partial charge in [-0.1, -0.05) is 22.0 Å². The summed E-state index contributed by atoms with van der Waals surface area (Å²) >= 11 is 3.19. The van der Waals surface area contributed by atoms with Crippen molar-refractivity contribution in [1.29, 1.82) is 0 Å². The highest BCUT2D eigenvalue weighted by Crippen LogP contribution is 2.22. The first-order chi connectivity index (χ1) is 9.88. The molecule has 108 valence electrons. The van der Waals surface area contributed by atoms with E-state index in [1.54, 1.807) is 6.07 Å². The largest absolute Gasteiger partial charge is 0.478 e. The number of rotatable bonds is 3. The molecule has 0 aliphatic carbocycles. The molecule has 0 aliphatic heterocycles. The first-order valence-electron chi connectivity index (χ1n) is 5.77. The van der Waals surface area contributed by atoms with Crippen molar-refractivity contribution in [1.82, 2.24) is 0 Å². The van der Waals surface area contributed by atoms with E-state index in [0.717, 1.165) is 6.07 Å². The molecule has 2 aromatic rings. The van der Waals surface area contributed by atoms with E-state index in [-0.39, 0.29) is 16.8 Å². The number of nitrogens with two attached hydrogens (primary N) is 1. The second-order valence-corrected chi connectivity index (χ2v) is 5.11. The maximum Gasteiger partial charge on any atom is 0.337 e. The van der Waals surface area contributed by atoms with E-state index in [4.69, 9.17) is 10.8 Å². The maximum atomic E-state index is 13.7. The van der Waals surface area contributed by atoms with E-state index in [1.807, 2.05) is 0 Å². The summed E-state index contributed by atoms with van der Waals surface area (Å²) < 4.78 is 14.3. The summed E-state index contributed by atoms with van der Waals surface area (Å²) in [5, 5.41) is 11.3. The van der Waals surface area contributed by atoms with Crippen LogP contribution >= 0.6 is 15.9 Å². The topological polar surface area (TPSA) is 92.4 Å². The van der Waals surface area contributed by atoms with Crippen LogP contribution in [-0.4, -0.2) is 17.0 Å². The van der Waals surface area contributed by atoms with Crippen LogP contribution in [0, 0.1) is 5.82 Å². The van der Waals surface area contributed by atoms with Gasteiger partial charge in [0.2, 0.25) is 0 Å². The molecule has 0 aliphatic rings. The minimum atomic E-state index is -1.33. The average molecular weight is 353 g/mol. The van der Waals surface area contributed by atoms with Gasteiger partial charge in [-0.3, -0.25) is 4.79 Å². The smallest absolute Gasteiger partial charge is 0.337 e. The van der Waals surface area contributed by atoms with Gasteiger partial charge in [-0.2, -0.15) is 0 Å². The quantitative estimate of drug-likeness (QED) is 0.740. The molecule has 0 atom stereocenters. The van der Waals surface area contributed by atoms with Crippen molar-refractivity contribution in [2.75, 3.05) is 11.1 Å². The van der Waals surface area contributed by atoms with Gasteiger partial charge in [0.15, 0.2) is 0 Å². The van der Waals surface area contributed by atoms with Crippen LogP contribution < -0.4 is 11.1 Å². The molecule has 0 aromatic heterocycles. The Balaban J connectivity index is 2.38. The van der Waals surface area contributed by atoms with Crippen LogP contribution in [0.5, 0.6) is 0 Å². The standard InChI is InChI=1S/C14H10BrFN2O3/c15-8-4-7(5-9(17)6-8)13(19)18-12-10(14(20)21)2-1-3-11(12)16/h1-6H,17H2,(H,18,19)(H,20,21). The molecule has 0 saturated carbocycles. The Kier molecular flexibility index (Phi) is 4.23. The zero-order valence-corrected chi connectivity index (χ0v) is 12.1. The van der Waals surface area contributed by atoms with Gasteiger partial charge in [0, 0.05) is 15.7 Å². The lowest BCUT2D eigenvalue weighted by atomic mass is 10.1. The highest BCUT2D eigenvalue weighted by molar-refractivity contribution is 9.10. The second kappa shape index (κ2) is 5.92. The molecule has 0 radical (unpaired) electrons. The van der Waals surface area contributed by atoms with Crippen LogP contribution in [0.15, 0.2) is 40.9 Å². The number of benzene rings is 2. The Bertz CT molecular complexity index is 714. The minimum Gasteiger partial charge on any atom is -0.478 e. The van der Waals surface area contributed by atoms with Gasteiger partial charge in [0.05, 0.1) is 11.3 Å². The number of nitrogens with one attached hydrogen (secondary N) is 1. The predicted octanol–water partition coefficient (Wildman–Crippen LogP) is 3.12. The summed E-state index contributed by atoms with van der Waals surface area (Å²) in [6.45, 7) is 0. The summed E-state index contributed by atoms with van der Waals surface area (Å²) in [7, 11) is 0. The van der Waals surface area contributed by atoms with Crippen LogP contribution in [0.1, 0.15) is 20.7 Å². The van der Waals surface area contributed by atoms with E-state index in [9.17, 15) is 14.0 Å². The summed E-state index contributed by atoms with van der Waals surface area (Å²) in [5.74, 6) is -2.82. The minimum absolute atomic E-state index is 0.182. The normalized spacial score (nSPS) is 10.2. The fourth-order valence-corrected chi connectivity index (χ4v) is 2.27. The number of amides is 1. The summed E-state index contributed by atoms with van der Waals surface area (Å²) in [6.07, 6.45) is 0. The molecule has 0 heterocycles. The van der Waals surface area contributed by atoms with Crippen molar-refractivity contribution < 1.29 is 19.1 Å². The van der Waals surface area contributed by atoms with E-state index in [2.05, 4.69) is 21.2 Å². The van der Waals surface area contributed by atoms with Crippen molar-refractivity contribution in [2.24, 2.45) is 0 Å². The lowest BCUT2D eigenvalue weighted by Crippen LogP contribution is -2.16. The third kappa shape index (κ3) is 3.38. The summed E-state index contributed by atoms with van der Waals surface area (Å²) in [4.78, 5) is 23.2. The van der Waals surface area contributed by atoms with Crippen LogP contribution in [0.2, 0.25) is 0 Å². The SMILES string of the molecule is Nc1cc(Br)cc(C(=O)Nc2c(F)cccc2C(=O)O)c1. The molecule has 0 spiro atoms. The predicted molar refractivity (Wildman–Crippen MR) is 79.9 cm³/mol. The van der Waals surface area contributed by atoms with E-state index < -0.39 is 17.7 Å². The van der Waals surface area contributed by atoms with Crippen molar-refractivity contribution in [3.63, 3.8) is 0 Å². The number of nitrogen functional groups attached to an aromatic ring is 1. The lowest BCUT2D eigenvalue weighted by molar-refractivity contribution is 0.0697. The molecule has 2 rings (SSSR count). The number of para-hydroxylation sites is 1. The van der Waals surface area contributed by atoms with Crippen molar-refractivity contribution in [3.8, 4) is 0 Å². The number of hydrogen-bond acceptors (Lipinski definition) is 3. The molecular formula is C14H10BrFN2O3. The Morgan fingerprint density at radius 1 is 1.24 bits per heavy atom. The molecule has 0 bridgehead atoms. The van der Waals surface area contributed by atoms with Gasteiger partial charge >= 0.3 is 5.97 Å². The average Bonchev–Trinajstić information content (AvgIpc) is 2.39. The molecule has 0 saturated heterocycles. The van der Waals surface area contributed by atoms with Crippen molar-refractivity contribution in [3.05, 3.63) is 57.8 Å². The van der Waals surface area contributed by atoms with Gasteiger partial charge < -0.3 is 16.2 Å². The Labute approximate surface area is 127 Å². The highest BCUT2D eigenvalue weighted by atomic mass is 79.9. The number of hydrogen-bond donors (Lipinski definition) is 3. The van der Waals surface area contributed by atoms with Crippen LogP contribution in [0.4, 0.5) is 15.8 Å². The Hall–Kier alpha value is -2.41. The van der Waals surface area contributed by atoms with Crippen LogP contribution in [0.3, 0.4) is 0 Å². The Morgan fingerprint density at radius 2 is 1.95 bits per heavy atom. The zero-order chi connectivity index (χ0) is 15.6. The van der Waals surface area contributed by atoms with Crippen molar-refractivity contribution >= 4 is 39.2 Å². The molecule has 0 fully saturated rings. The molecule has 2 aromatic carbocycles. The molecule has 4 N–H and O–H groups in total. The van der Waals surface area contributed by atoms with Gasteiger partial charge in [-0.15, -0.1) is 0 Å². The monoisotopic (exact) mass is 352 g/mol. The fraction of sp³-hybridized carbons (Fsp3) is 0. The summed E-state index contributed by atoms with van der Waals surface area (Å²) in [6, 6.07) is 8.02. The maximum absolute atomic E-state index is 13.7. The zero-order valence-electron chi connectivity index (χ0n) is 10.6. The van der Waals surface area contributed by atoms with E-state index in [0.29, 0.717) is 10.2 Å². The van der Waals surface area contributed by atoms with E-state index in [1.165, 1.54) is 24.3 Å². The van der Waals surface area contributed by atoms with E-state index >= 15 is 0 Å². The summed E-state index contributed by atoms with van der Waals surface area (Å²) in [5.41, 5.74) is 5.44. The lowest BCUT2D eigenvalue weighted by Gasteiger charge is -2.10. The molecule has 21 heavy (non-hydrogen) atoms. The third-order valence-corrected chi connectivity index (χ3v) is 3.12. The highest BCUT2D eigenvalue weighted by Gasteiger charge is 2.17. The number of anilines is 2. The van der Waals surface area contributed by atoms with Crippen LogP contribution in [-0.2, 0) is 0 Å². The van der Waals surface area contributed by atoms with Gasteiger partial charge in [-0.25, -0.2) is 9.18 Å². The number of carbonyl (C=O) groups excluding carboxylic acids is 1. The second-order valence-electron chi connectivity index (χ2n) is 4.19. The van der Waals surface area contributed by atoms with Gasteiger partial charge in [-0.05, 0) is 30.3 Å². The third-order valence-electron chi connectivity index (χ3n) is 2.66. The number of aromatic carboxylic acids is 1. The fourth-order valence-electron chi connectivity index (χ4n) is 1.76. The number of carbonyl (C=O) groups is 2. The van der Waals surface area contributed by atoms with Gasteiger partial charge in [0.1, 0.15) is 5.82 Å². The molecule has 1 amide bonds. The van der Waals surface area contributed by atoms with Crippen molar-refractivity contribution in [2.45, 2.75) is 0 Å². The first-order valence-corrected chi connectivity index (χ1v) is 6.57. The van der Waals surface area contributed by atoms with Crippen LogP contribution in [0.25, 0.3) is 0 Å². The number of carboxylic acids is 1.